The molecular formula is C16H18BrClN4O4S. The lowest BCUT2D eigenvalue weighted by Gasteiger charge is -2.24. The first-order valence-electron chi connectivity index (χ1n) is 7.76. The van der Waals surface area contributed by atoms with Crippen LogP contribution in [0.15, 0.2) is 45.8 Å². The van der Waals surface area contributed by atoms with Crippen LogP contribution in [0.1, 0.15) is 6.42 Å². The number of halogens is 2. The van der Waals surface area contributed by atoms with Crippen molar-refractivity contribution >= 4 is 55.0 Å². The summed E-state index contributed by atoms with van der Waals surface area (Å²) >= 11 is 9.31. The van der Waals surface area contributed by atoms with Crippen LogP contribution in [0.5, 0.6) is 5.75 Å². The summed E-state index contributed by atoms with van der Waals surface area (Å²) < 4.78 is 27.9. The molecule has 0 unspecified atom stereocenters. The average Bonchev–Trinajstić information content (AvgIpc) is 2.58. The maximum atomic E-state index is 12.6. The molecule has 8 nitrogen and oxygen atoms in total. The van der Waals surface area contributed by atoms with Crippen LogP contribution in [-0.2, 0) is 10.0 Å². The van der Waals surface area contributed by atoms with E-state index in [1.807, 2.05) is 0 Å². The fraction of sp³-hybridized carbons (Fsp3) is 0.188. The number of carbonyl (C=O) groups is 1. The highest BCUT2D eigenvalue weighted by atomic mass is 79.9. The second kappa shape index (κ2) is 8.89. The van der Waals surface area contributed by atoms with Gasteiger partial charge >= 0.3 is 6.03 Å². The number of benzene rings is 2. The first-order chi connectivity index (χ1) is 12.7. The van der Waals surface area contributed by atoms with Gasteiger partial charge < -0.3 is 16.6 Å². The summed E-state index contributed by atoms with van der Waals surface area (Å²) in [4.78, 5) is 12.5. The number of hydrogen-bond acceptors (Lipinski definition) is 5. The highest BCUT2D eigenvalue weighted by Crippen LogP contribution is 2.42. The van der Waals surface area contributed by atoms with Crippen molar-refractivity contribution in [3.05, 3.63) is 45.9 Å². The predicted octanol–water partition coefficient (Wildman–Crippen LogP) is 2.65. The predicted molar refractivity (Wildman–Crippen MR) is 108 cm³/mol. The van der Waals surface area contributed by atoms with E-state index in [1.54, 1.807) is 24.3 Å². The molecule has 27 heavy (non-hydrogen) atoms. The molecule has 6 N–H and O–H groups in total. The molecule has 0 aliphatic carbocycles. The van der Waals surface area contributed by atoms with Gasteiger partial charge in [-0.1, -0.05) is 23.7 Å². The number of nitrogens with one attached hydrogen (secondary N) is 1. The summed E-state index contributed by atoms with van der Waals surface area (Å²) in [7, 11) is -4.15. The molecule has 0 atom stereocenters. The van der Waals surface area contributed by atoms with Crippen molar-refractivity contribution in [2.24, 2.45) is 11.5 Å². The number of para-hydroxylation sites is 1. The molecule has 0 spiro atoms. The van der Waals surface area contributed by atoms with E-state index >= 15 is 0 Å². The molecule has 2 rings (SSSR count). The Morgan fingerprint density at radius 3 is 2.48 bits per heavy atom. The standard InChI is InChI=1S/C16H18BrClN4O4S/c17-10-4-1-2-5-12(10)22(16(20)24)13-7-6-11(18)15(14(13)23)27(25,26)21-9-3-8-19/h1-2,4-7,21,23H,3,8-9,19H2,(H2,20,24). The lowest BCUT2D eigenvalue weighted by Crippen LogP contribution is -2.32. The van der Waals surface area contributed by atoms with Gasteiger partial charge in [0.1, 0.15) is 4.90 Å². The summed E-state index contributed by atoms with van der Waals surface area (Å²) in [5.41, 5.74) is 11.0. The summed E-state index contributed by atoms with van der Waals surface area (Å²) in [6.07, 6.45) is 0.404. The summed E-state index contributed by atoms with van der Waals surface area (Å²) in [5, 5.41) is 10.4. The Hall–Kier alpha value is -1.85. The number of aromatic hydroxyl groups is 1. The Bertz CT molecular complexity index is 955. The number of nitrogens with zero attached hydrogens (tertiary/aromatic N) is 1. The van der Waals surface area contributed by atoms with Crippen molar-refractivity contribution < 1.29 is 18.3 Å². The van der Waals surface area contributed by atoms with Gasteiger partial charge in [-0.15, -0.1) is 0 Å². The molecule has 2 amide bonds. The molecular weight excluding hydrogens is 460 g/mol. The third kappa shape index (κ3) is 4.71. The van der Waals surface area contributed by atoms with E-state index in [0.29, 0.717) is 23.1 Å². The molecule has 0 heterocycles. The minimum absolute atomic E-state index is 0.0720. The van der Waals surface area contributed by atoms with E-state index in [1.165, 1.54) is 12.1 Å². The van der Waals surface area contributed by atoms with Gasteiger partial charge in [-0.3, -0.25) is 4.90 Å². The molecule has 11 heteroatoms. The lowest BCUT2D eigenvalue weighted by atomic mass is 10.2. The maximum Gasteiger partial charge on any atom is 0.324 e. The first-order valence-corrected chi connectivity index (χ1v) is 10.4. The zero-order chi connectivity index (χ0) is 20.2. The van der Waals surface area contributed by atoms with Gasteiger partial charge in [-0.2, -0.15) is 0 Å². The summed E-state index contributed by atoms with van der Waals surface area (Å²) in [5.74, 6) is -0.697. The second-order valence-electron chi connectivity index (χ2n) is 5.41. The van der Waals surface area contributed by atoms with Crippen LogP contribution in [0.4, 0.5) is 16.2 Å². The highest BCUT2D eigenvalue weighted by Gasteiger charge is 2.29. The zero-order valence-corrected chi connectivity index (χ0v) is 17.2. The maximum absolute atomic E-state index is 12.6. The Kier molecular flexibility index (Phi) is 7.06. The van der Waals surface area contributed by atoms with Gasteiger partial charge in [0.15, 0.2) is 5.75 Å². The molecule has 146 valence electrons. The van der Waals surface area contributed by atoms with Crippen molar-refractivity contribution in [2.45, 2.75) is 11.3 Å². The number of carbonyl (C=O) groups excluding carboxylic acids is 1. The van der Waals surface area contributed by atoms with E-state index in [0.717, 1.165) is 4.90 Å². The quantitative estimate of drug-likeness (QED) is 0.454. The smallest absolute Gasteiger partial charge is 0.324 e. The molecule has 2 aromatic carbocycles. The van der Waals surface area contributed by atoms with Gasteiger partial charge in [0.05, 0.1) is 16.4 Å². The second-order valence-corrected chi connectivity index (χ2v) is 8.37. The van der Waals surface area contributed by atoms with Crippen LogP contribution in [0.3, 0.4) is 0 Å². The fourth-order valence-corrected chi connectivity index (χ4v) is 4.51. The molecule has 0 aliphatic rings. The van der Waals surface area contributed by atoms with Crippen molar-refractivity contribution in [3.8, 4) is 5.75 Å². The van der Waals surface area contributed by atoms with E-state index in [9.17, 15) is 18.3 Å². The average molecular weight is 478 g/mol. The minimum atomic E-state index is -4.15. The minimum Gasteiger partial charge on any atom is -0.504 e. The Balaban J connectivity index is 2.62. The van der Waals surface area contributed by atoms with Gasteiger partial charge in [-0.05, 0) is 53.2 Å². The zero-order valence-electron chi connectivity index (χ0n) is 14.0. The van der Waals surface area contributed by atoms with Crippen molar-refractivity contribution in [1.82, 2.24) is 4.72 Å². The molecule has 0 aromatic heterocycles. The monoisotopic (exact) mass is 476 g/mol. The SMILES string of the molecule is NCCCNS(=O)(=O)c1c(Cl)ccc(N(C(N)=O)c2ccccc2Br)c1O. The van der Waals surface area contributed by atoms with Crippen LogP contribution in [0, 0.1) is 0 Å². The van der Waals surface area contributed by atoms with Crippen molar-refractivity contribution in [3.63, 3.8) is 0 Å². The number of rotatable bonds is 7. The van der Waals surface area contributed by atoms with E-state index < -0.39 is 26.7 Å². The molecule has 0 saturated heterocycles. The normalized spacial score (nSPS) is 11.4. The first kappa shape index (κ1) is 21.5. The number of phenols is 1. The Morgan fingerprint density at radius 2 is 1.89 bits per heavy atom. The van der Waals surface area contributed by atoms with Crippen LogP contribution >= 0.6 is 27.5 Å². The lowest BCUT2D eigenvalue weighted by molar-refractivity contribution is 0.256. The molecule has 2 aromatic rings. The molecule has 0 aliphatic heterocycles. The summed E-state index contributed by atoms with van der Waals surface area (Å²) in [6, 6.07) is 8.29. The van der Waals surface area contributed by atoms with Crippen LogP contribution in [0.25, 0.3) is 0 Å². The van der Waals surface area contributed by atoms with E-state index in [4.69, 9.17) is 23.1 Å². The van der Waals surface area contributed by atoms with Crippen LogP contribution < -0.4 is 21.1 Å². The number of sulfonamides is 1. The molecule has 0 bridgehead atoms. The van der Waals surface area contributed by atoms with Gasteiger partial charge in [0, 0.05) is 11.0 Å². The van der Waals surface area contributed by atoms with Gasteiger partial charge in [0.25, 0.3) is 0 Å². The number of phenolic OH excluding ortho intramolecular Hbond substituents is 1. The Labute approximate surface area is 170 Å². The van der Waals surface area contributed by atoms with Gasteiger partial charge in [0.2, 0.25) is 10.0 Å². The third-order valence-electron chi connectivity index (χ3n) is 3.56. The number of amides is 2. The van der Waals surface area contributed by atoms with Crippen LogP contribution in [0.2, 0.25) is 5.02 Å². The topological polar surface area (TPSA) is 139 Å². The number of nitrogens with two attached hydrogens (primary N) is 2. The molecule has 0 saturated carbocycles. The number of anilines is 2. The van der Waals surface area contributed by atoms with E-state index in [-0.39, 0.29) is 17.3 Å². The number of urea groups is 1. The molecule has 0 fully saturated rings. The van der Waals surface area contributed by atoms with Gasteiger partial charge in [-0.25, -0.2) is 17.9 Å². The van der Waals surface area contributed by atoms with Crippen LogP contribution in [-0.4, -0.2) is 32.6 Å². The van der Waals surface area contributed by atoms with Crippen molar-refractivity contribution in [2.75, 3.05) is 18.0 Å². The molecule has 0 radical (unpaired) electrons. The summed E-state index contributed by atoms with van der Waals surface area (Å²) in [6.45, 7) is 0.363. The fourth-order valence-electron chi connectivity index (χ4n) is 2.35. The van der Waals surface area contributed by atoms with E-state index in [2.05, 4.69) is 20.7 Å². The third-order valence-corrected chi connectivity index (χ3v) is 6.19. The number of primary amides is 1. The highest BCUT2D eigenvalue weighted by molar-refractivity contribution is 9.10. The largest absolute Gasteiger partial charge is 0.504 e. The number of hydrogen-bond donors (Lipinski definition) is 4. The van der Waals surface area contributed by atoms with Crippen molar-refractivity contribution in [1.29, 1.82) is 0 Å². The Morgan fingerprint density at radius 1 is 1.22 bits per heavy atom.